The third kappa shape index (κ3) is 3.19. The van der Waals surface area contributed by atoms with Crippen molar-refractivity contribution in [2.75, 3.05) is 12.8 Å². The summed E-state index contributed by atoms with van der Waals surface area (Å²) in [6.07, 6.45) is 3.60. The lowest BCUT2D eigenvalue weighted by Gasteiger charge is -2.25. The van der Waals surface area contributed by atoms with Crippen molar-refractivity contribution in [3.8, 4) is 5.75 Å². The number of methoxy groups -OCH3 is 1. The van der Waals surface area contributed by atoms with Crippen molar-refractivity contribution < 1.29 is 9.47 Å². The summed E-state index contributed by atoms with van der Waals surface area (Å²) in [6, 6.07) is 14.3. The van der Waals surface area contributed by atoms with Gasteiger partial charge >= 0.3 is 0 Å². The van der Waals surface area contributed by atoms with E-state index in [1.807, 2.05) is 18.2 Å². The molecule has 0 fully saturated rings. The van der Waals surface area contributed by atoms with Gasteiger partial charge in [0, 0.05) is 11.8 Å². The van der Waals surface area contributed by atoms with Gasteiger partial charge in [0.05, 0.1) is 19.8 Å². The number of benzene rings is 2. The molecule has 2 N–H and O–H groups in total. The van der Waals surface area contributed by atoms with Crippen molar-refractivity contribution in [2.24, 2.45) is 0 Å². The van der Waals surface area contributed by atoms with Gasteiger partial charge in [0.1, 0.15) is 5.75 Å². The predicted molar refractivity (Wildman–Crippen MR) is 84.3 cm³/mol. The summed E-state index contributed by atoms with van der Waals surface area (Å²) < 4.78 is 11.4. The van der Waals surface area contributed by atoms with Crippen molar-refractivity contribution in [2.45, 2.75) is 32.0 Å². The summed E-state index contributed by atoms with van der Waals surface area (Å²) in [5.74, 6) is 0.776. The molecule has 0 bridgehead atoms. The quantitative estimate of drug-likeness (QED) is 0.866. The highest BCUT2D eigenvalue weighted by Crippen LogP contribution is 2.33. The van der Waals surface area contributed by atoms with Gasteiger partial charge in [-0.25, -0.2) is 0 Å². The second kappa shape index (κ2) is 6.19. The number of nitrogen functional groups attached to an aromatic ring is 1. The highest BCUT2D eigenvalue weighted by Gasteiger charge is 2.20. The highest BCUT2D eigenvalue weighted by molar-refractivity contribution is 5.47. The van der Waals surface area contributed by atoms with E-state index in [9.17, 15) is 0 Å². The summed E-state index contributed by atoms with van der Waals surface area (Å²) in [6.45, 7) is 0.556. The molecule has 1 atom stereocenters. The number of hydrogen-bond acceptors (Lipinski definition) is 3. The molecule has 1 aliphatic rings. The Kier molecular flexibility index (Phi) is 4.11. The molecule has 2 aromatic rings. The lowest BCUT2D eigenvalue weighted by Crippen LogP contribution is -2.12. The van der Waals surface area contributed by atoms with Crippen molar-refractivity contribution in [3.63, 3.8) is 0 Å². The first-order valence-corrected chi connectivity index (χ1v) is 7.39. The third-order valence-electron chi connectivity index (χ3n) is 3.99. The lowest BCUT2D eigenvalue weighted by molar-refractivity contribution is 0.0282. The van der Waals surface area contributed by atoms with Crippen LogP contribution in [0.5, 0.6) is 5.75 Å². The molecular weight excluding hydrogens is 262 g/mol. The van der Waals surface area contributed by atoms with Crippen LogP contribution < -0.4 is 10.5 Å². The second-order valence-electron chi connectivity index (χ2n) is 5.51. The number of anilines is 1. The van der Waals surface area contributed by atoms with Crippen LogP contribution in [0.15, 0.2) is 42.5 Å². The molecule has 0 saturated heterocycles. The monoisotopic (exact) mass is 283 g/mol. The van der Waals surface area contributed by atoms with Gasteiger partial charge in [-0.3, -0.25) is 0 Å². The fraction of sp³-hybridized carbons (Fsp3) is 0.333. The van der Waals surface area contributed by atoms with Crippen LogP contribution >= 0.6 is 0 Å². The van der Waals surface area contributed by atoms with Crippen LogP contribution in [-0.4, -0.2) is 7.11 Å². The van der Waals surface area contributed by atoms with Crippen molar-refractivity contribution in [3.05, 3.63) is 59.2 Å². The summed E-state index contributed by atoms with van der Waals surface area (Å²) in [5.41, 5.74) is 10.4. The van der Waals surface area contributed by atoms with Crippen LogP contribution in [0.4, 0.5) is 5.69 Å². The van der Waals surface area contributed by atoms with Gasteiger partial charge in [0.15, 0.2) is 0 Å². The molecule has 0 radical (unpaired) electrons. The van der Waals surface area contributed by atoms with Gasteiger partial charge in [0.2, 0.25) is 0 Å². The minimum Gasteiger partial charge on any atom is -0.497 e. The Morgan fingerprint density at radius 3 is 2.90 bits per heavy atom. The van der Waals surface area contributed by atoms with Gasteiger partial charge in [-0.15, -0.1) is 0 Å². The molecule has 0 aliphatic heterocycles. The van der Waals surface area contributed by atoms with Gasteiger partial charge in [-0.1, -0.05) is 24.3 Å². The zero-order chi connectivity index (χ0) is 14.7. The molecule has 3 heteroatoms. The number of aryl methyl sites for hydroxylation is 1. The Balaban J connectivity index is 1.73. The van der Waals surface area contributed by atoms with E-state index in [1.54, 1.807) is 7.11 Å². The van der Waals surface area contributed by atoms with Crippen LogP contribution in [0.3, 0.4) is 0 Å². The van der Waals surface area contributed by atoms with Crippen LogP contribution in [-0.2, 0) is 17.8 Å². The first kappa shape index (κ1) is 14.0. The maximum atomic E-state index is 6.14. The average molecular weight is 283 g/mol. The molecule has 0 aromatic heterocycles. The fourth-order valence-electron chi connectivity index (χ4n) is 2.97. The first-order chi connectivity index (χ1) is 10.3. The summed E-state index contributed by atoms with van der Waals surface area (Å²) in [7, 11) is 1.65. The average Bonchev–Trinajstić information content (AvgIpc) is 2.52. The standard InChI is InChI=1S/C18H21NO2/c1-20-16-10-13(9-15(19)11-16)12-21-18-8-4-6-14-5-2-3-7-17(14)18/h2-3,5,7,9-11,18H,4,6,8,12,19H2,1H3. The molecule has 3 nitrogen and oxygen atoms in total. The highest BCUT2D eigenvalue weighted by atomic mass is 16.5. The van der Waals surface area contributed by atoms with Gasteiger partial charge in [-0.2, -0.15) is 0 Å². The summed E-state index contributed by atoms with van der Waals surface area (Å²) in [5, 5.41) is 0. The minimum absolute atomic E-state index is 0.183. The summed E-state index contributed by atoms with van der Waals surface area (Å²) >= 11 is 0. The topological polar surface area (TPSA) is 44.5 Å². The molecule has 0 amide bonds. The van der Waals surface area contributed by atoms with E-state index in [2.05, 4.69) is 24.3 Å². The normalized spacial score (nSPS) is 17.3. The number of rotatable bonds is 4. The zero-order valence-electron chi connectivity index (χ0n) is 12.3. The largest absolute Gasteiger partial charge is 0.497 e. The zero-order valence-corrected chi connectivity index (χ0v) is 12.3. The van der Waals surface area contributed by atoms with Crippen molar-refractivity contribution in [1.29, 1.82) is 0 Å². The summed E-state index contributed by atoms with van der Waals surface area (Å²) in [4.78, 5) is 0. The maximum absolute atomic E-state index is 6.14. The van der Waals surface area contributed by atoms with E-state index in [1.165, 1.54) is 17.5 Å². The Hall–Kier alpha value is -2.00. The Morgan fingerprint density at radius 1 is 1.19 bits per heavy atom. The molecule has 1 unspecified atom stereocenters. The van der Waals surface area contributed by atoms with Crippen LogP contribution in [0.25, 0.3) is 0 Å². The predicted octanol–water partition coefficient (Wildman–Crippen LogP) is 3.87. The van der Waals surface area contributed by atoms with E-state index < -0.39 is 0 Å². The molecule has 0 saturated carbocycles. The Labute approximate surface area is 125 Å². The number of fused-ring (bicyclic) bond motifs is 1. The van der Waals surface area contributed by atoms with E-state index in [0.717, 1.165) is 24.2 Å². The van der Waals surface area contributed by atoms with E-state index in [-0.39, 0.29) is 6.10 Å². The molecule has 3 rings (SSSR count). The molecular formula is C18H21NO2. The van der Waals surface area contributed by atoms with Crippen LogP contribution in [0, 0.1) is 0 Å². The molecule has 2 aromatic carbocycles. The Bertz CT molecular complexity index is 624. The fourth-order valence-corrected chi connectivity index (χ4v) is 2.97. The first-order valence-electron chi connectivity index (χ1n) is 7.39. The van der Waals surface area contributed by atoms with Crippen molar-refractivity contribution >= 4 is 5.69 Å². The van der Waals surface area contributed by atoms with E-state index >= 15 is 0 Å². The lowest BCUT2D eigenvalue weighted by atomic mass is 9.89. The molecule has 21 heavy (non-hydrogen) atoms. The second-order valence-corrected chi connectivity index (χ2v) is 5.51. The van der Waals surface area contributed by atoms with Crippen LogP contribution in [0.2, 0.25) is 0 Å². The smallest absolute Gasteiger partial charge is 0.121 e. The van der Waals surface area contributed by atoms with E-state index in [0.29, 0.717) is 12.3 Å². The van der Waals surface area contributed by atoms with Gasteiger partial charge < -0.3 is 15.2 Å². The Morgan fingerprint density at radius 2 is 2.05 bits per heavy atom. The number of nitrogens with two attached hydrogens (primary N) is 1. The van der Waals surface area contributed by atoms with E-state index in [4.69, 9.17) is 15.2 Å². The minimum atomic E-state index is 0.183. The van der Waals surface area contributed by atoms with Crippen LogP contribution in [0.1, 0.15) is 35.6 Å². The maximum Gasteiger partial charge on any atom is 0.121 e. The van der Waals surface area contributed by atoms with Crippen molar-refractivity contribution in [1.82, 2.24) is 0 Å². The molecule has 1 aliphatic carbocycles. The number of hydrogen-bond donors (Lipinski definition) is 1. The molecule has 0 spiro atoms. The number of ether oxygens (including phenoxy) is 2. The molecule has 110 valence electrons. The third-order valence-corrected chi connectivity index (χ3v) is 3.99. The molecule has 0 heterocycles. The van der Waals surface area contributed by atoms with Gasteiger partial charge in [0.25, 0.3) is 0 Å². The van der Waals surface area contributed by atoms with Gasteiger partial charge in [-0.05, 0) is 48.1 Å². The SMILES string of the molecule is COc1cc(N)cc(COC2CCCc3ccccc32)c1.